The Morgan fingerprint density at radius 2 is 2.07 bits per heavy atom. The summed E-state index contributed by atoms with van der Waals surface area (Å²) in [5.41, 5.74) is 2.51. The van der Waals surface area contributed by atoms with E-state index < -0.39 is 11.7 Å². The van der Waals surface area contributed by atoms with Crippen molar-refractivity contribution in [3.8, 4) is 16.9 Å². The molecule has 2 amide bonds. The van der Waals surface area contributed by atoms with Gasteiger partial charge in [0.1, 0.15) is 12.4 Å². The number of halogens is 2. The Morgan fingerprint density at radius 3 is 2.71 bits per heavy atom. The molecule has 142 valence electrons. The number of aromatic nitrogens is 3. The Morgan fingerprint density at radius 1 is 1.25 bits per heavy atom. The molecule has 0 bridgehead atoms. The minimum Gasteiger partial charge on any atom is -0.337 e. The number of rotatable bonds is 3. The lowest BCUT2D eigenvalue weighted by Gasteiger charge is -2.10. The number of benzene rings is 1. The fourth-order valence-electron chi connectivity index (χ4n) is 2.95. The molecule has 1 aromatic carbocycles. The highest BCUT2D eigenvalue weighted by atomic mass is 35.5. The van der Waals surface area contributed by atoms with Crippen molar-refractivity contribution in [1.29, 1.82) is 0 Å². The second-order valence-electron chi connectivity index (χ2n) is 6.40. The van der Waals surface area contributed by atoms with Gasteiger partial charge in [-0.3, -0.25) is 14.6 Å². The molecule has 3 heterocycles. The Balaban J connectivity index is 1.83. The van der Waals surface area contributed by atoms with Crippen LogP contribution in [0.2, 0.25) is 5.02 Å². The van der Waals surface area contributed by atoms with Gasteiger partial charge < -0.3 is 10.2 Å². The predicted octanol–water partition coefficient (Wildman–Crippen LogP) is 2.56. The Bertz CT molecular complexity index is 1060. The number of pyridine rings is 1. The van der Waals surface area contributed by atoms with Crippen molar-refractivity contribution in [1.82, 2.24) is 25.0 Å². The number of nitrogens with zero attached hydrogens (tertiary/aromatic N) is 4. The van der Waals surface area contributed by atoms with E-state index in [2.05, 4.69) is 15.4 Å². The number of nitrogens with one attached hydrogen (secondary N) is 1. The Kier molecular flexibility index (Phi) is 4.56. The topological polar surface area (TPSA) is 80.1 Å². The molecule has 4 rings (SSSR count). The van der Waals surface area contributed by atoms with Crippen molar-refractivity contribution in [2.75, 3.05) is 13.2 Å². The molecule has 0 unspecified atom stereocenters. The zero-order valence-electron chi connectivity index (χ0n) is 14.8. The van der Waals surface area contributed by atoms with Gasteiger partial charge in [-0.1, -0.05) is 11.6 Å². The monoisotopic (exact) mass is 399 g/mol. The molecule has 2 aromatic heterocycles. The summed E-state index contributed by atoms with van der Waals surface area (Å²) >= 11 is 6.01. The maximum atomic E-state index is 13.9. The third-order valence-corrected chi connectivity index (χ3v) is 4.53. The van der Waals surface area contributed by atoms with Gasteiger partial charge in [-0.15, -0.1) is 0 Å². The summed E-state index contributed by atoms with van der Waals surface area (Å²) in [6.45, 7) is 1.95. The van der Waals surface area contributed by atoms with E-state index in [4.69, 9.17) is 11.6 Å². The highest BCUT2D eigenvalue weighted by Crippen LogP contribution is 2.28. The van der Waals surface area contributed by atoms with Crippen LogP contribution in [0, 0.1) is 12.7 Å². The van der Waals surface area contributed by atoms with Gasteiger partial charge in [0.25, 0.3) is 5.91 Å². The van der Waals surface area contributed by atoms with Gasteiger partial charge in [-0.25, -0.2) is 9.07 Å². The number of hydrogen-bond donors (Lipinski definition) is 1. The molecule has 1 aliphatic rings. The summed E-state index contributed by atoms with van der Waals surface area (Å²) in [5.74, 6) is -1.13. The second kappa shape index (κ2) is 7.05. The van der Waals surface area contributed by atoms with E-state index in [-0.39, 0.29) is 29.8 Å². The van der Waals surface area contributed by atoms with E-state index in [1.807, 2.05) is 13.0 Å². The average molecular weight is 400 g/mol. The standard InChI is InChI=1S/C19H15ClFN5O2/c1-11-2-3-15(8-22-11)26-17(12-4-13(20)6-14(21)5-12)7-16(24-26)19(28)25-9-18(27)23-10-25/h2-8H,9-10H2,1H3,(H,23,27). The van der Waals surface area contributed by atoms with Crippen molar-refractivity contribution in [2.24, 2.45) is 0 Å². The molecule has 0 atom stereocenters. The zero-order valence-corrected chi connectivity index (χ0v) is 15.6. The van der Waals surface area contributed by atoms with Crippen LogP contribution in [-0.2, 0) is 4.79 Å². The molecule has 28 heavy (non-hydrogen) atoms. The summed E-state index contributed by atoms with van der Waals surface area (Å²) in [4.78, 5) is 29.8. The largest absolute Gasteiger partial charge is 0.337 e. The van der Waals surface area contributed by atoms with Crippen molar-refractivity contribution in [3.63, 3.8) is 0 Å². The number of carbonyl (C=O) groups excluding carboxylic acids is 2. The highest BCUT2D eigenvalue weighted by Gasteiger charge is 2.27. The molecule has 7 nitrogen and oxygen atoms in total. The summed E-state index contributed by atoms with van der Waals surface area (Å²) < 4.78 is 15.4. The number of amides is 2. The zero-order chi connectivity index (χ0) is 19.8. The third-order valence-electron chi connectivity index (χ3n) is 4.32. The maximum Gasteiger partial charge on any atom is 0.276 e. The van der Waals surface area contributed by atoms with Gasteiger partial charge in [0.15, 0.2) is 5.69 Å². The minimum absolute atomic E-state index is 0.0289. The van der Waals surface area contributed by atoms with Gasteiger partial charge >= 0.3 is 0 Å². The lowest BCUT2D eigenvalue weighted by atomic mass is 10.1. The third kappa shape index (κ3) is 3.46. The first kappa shape index (κ1) is 18.1. The average Bonchev–Trinajstić information content (AvgIpc) is 3.28. The molecule has 1 aliphatic heterocycles. The molecule has 0 radical (unpaired) electrons. The van der Waals surface area contributed by atoms with Gasteiger partial charge in [0.2, 0.25) is 5.91 Å². The van der Waals surface area contributed by atoms with Crippen LogP contribution in [0.5, 0.6) is 0 Å². The first-order chi connectivity index (χ1) is 13.4. The summed E-state index contributed by atoms with van der Waals surface area (Å²) in [6.07, 6.45) is 1.61. The first-order valence-corrected chi connectivity index (χ1v) is 8.84. The summed E-state index contributed by atoms with van der Waals surface area (Å²) in [7, 11) is 0. The van der Waals surface area contributed by atoms with E-state index in [9.17, 15) is 14.0 Å². The fraction of sp³-hybridized carbons (Fsp3) is 0.158. The van der Waals surface area contributed by atoms with E-state index in [0.717, 1.165) is 5.69 Å². The van der Waals surface area contributed by atoms with Crippen LogP contribution >= 0.6 is 11.6 Å². The van der Waals surface area contributed by atoms with E-state index in [0.29, 0.717) is 16.9 Å². The lowest BCUT2D eigenvalue weighted by molar-refractivity contribution is -0.118. The predicted molar refractivity (Wildman–Crippen MR) is 101 cm³/mol. The van der Waals surface area contributed by atoms with Crippen LogP contribution in [0.4, 0.5) is 4.39 Å². The molecule has 3 aromatic rings. The SMILES string of the molecule is Cc1ccc(-n2nc(C(=O)N3CNC(=O)C3)cc2-c2cc(F)cc(Cl)c2)cn1. The van der Waals surface area contributed by atoms with Crippen LogP contribution in [0.15, 0.2) is 42.6 Å². The second-order valence-corrected chi connectivity index (χ2v) is 6.84. The molecule has 0 spiro atoms. The Hall–Kier alpha value is -3.26. The summed E-state index contributed by atoms with van der Waals surface area (Å²) in [6, 6.07) is 9.27. The van der Waals surface area contributed by atoms with E-state index in [1.165, 1.54) is 21.7 Å². The van der Waals surface area contributed by atoms with Crippen LogP contribution in [0.3, 0.4) is 0 Å². The van der Waals surface area contributed by atoms with Gasteiger partial charge in [-0.05, 0) is 43.3 Å². The van der Waals surface area contributed by atoms with Crippen molar-refractivity contribution in [3.05, 3.63) is 64.8 Å². The van der Waals surface area contributed by atoms with Crippen molar-refractivity contribution >= 4 is 23.4 Å². The Labute approximate surface area is 164 Å². The summed E-state index contributed by atoms with van der Waals surface area (Å²) in [5, 5.41) is 7.21. The molecule has 1 saturated heterocycles. The molecule has 1 N–H and O–H groups in total. The molecule has 0 saturated carbocycles. The van der Waals surface area contributed by atoms with Crippen LogP contribution in [-0.4, -0.2) is 44.7 Å². The van der Waals surface area contributed by atoms with Gasteiger partial charge in [0, 0.05) is 16.3 Å². The highest BCUT2D eigenvalue weighted by molar-refractivity contribution is 6.30. The minimum atomic E-state index is -0.500. The molecular weight excluding hydrogens is 385 g/mol. The van der Waals surface area contributed by atoms with Crippen molar-refractivity contribution in [2.45, 2.75) is 6.92 Å². The van der Waals surface area contributed by atoms with E-state index >= 15 is 0 Å². The lowest BCUT2D eigenvalue weighted by Crippen LogP contribution is -2.30. The smallest absolute Gasteiger partial charge is 0.276 e. The van der Waals surface area contributed by atoms with Crippen LogP contribution < -0.4 is 5.32 Å². The molecule has 1 fully saturated rings. The molecular formula is C19H15ClFN5O2. The normalized spacial score (nSPS) is 13.7. The molecule has 0 aliphatic carbocycles. The number of hydrogen-bond acceptors (Lipinski definition) is 4. The van der Waals surface area contributed by atoms with Gasteiger partial charge in [0.05, 0.1) is 24.2 Å². The quantitative estimate of drug-likeness (QED) is 0.734. The van der Waals surface area contributed by atoms with Gasteiger partial charge in [-0.2, -0.15) is 5.10 Å². The first-order valence-electron chi connectivity index (χ1n) is 8.46. The molecule has 9 heteroatoms. The number of carbonyl (C=O) groups is 2. The van der Waals surface area contributed by atoms with Crippen LogP contribution in [0.1, 0.15) is 16.2 Å². The number of aryl methyl sites for hydroxylation is 1. The van der Waals surface area contributed by atoms with E-state index in [1.54, 1.807) is 24.4 Å². The van der Waals surface area contributed by atoms with Crippen molar-refractivity contribution < 1.29 is 14.0 Å². The maximum absolute atomic E-state index is 13.9. The fourth-order valence-corrected chi connectivity index (χ4v) is 3.17. The van der Waals surface area contributed by atoms with Crippen LogP contribution in [0.25, 0.3) is 16.9 Å².